The normalized spacial score (nSPS) is 17.2. The first-order valence-corrected chi connectivity index (χ1v) is 9.79. The zero-order valence-corrected chi connectivity index (χ0v) is 15.6. The van der Waals surface area contributed by atoms with Crippen LogP contribution in [0.2, 0.25) is 0 Å². The topological polar surface area (TPSA) is 37.8 Å². The lowest BCUT2D eigenvalue weighted by Gasteiger charge is -2.34. The van der Waals surface area contributed by atoms with E-state index in [0.717, 1.165) is 54.9 Å². The van der Waals surface area contributed by atoms with E-state index in [4.69, 9.17) is 14.5 Å². The molecule has 3 aromatic rings. The second-order valence-electron chi connectivity index (χ2n) is 6.92. The first-order chi connectivity index (χ1) is 12.7. The van der Waals surface area contributed by atoms with E-state index in [2.05, 4.69) is 47.1 Å². The molecule has 26 heavy (non-hydrogen) atoms. The predicted octanol–water partition coefficient (Wildman–Crippen LogP) is 3.66. The molecule has 6 heteroatoms. The molecule has 0 aliphatic carbocycles. The van der Waals surface area contributed by atoms with Crippen LogP contribution in [0.15, 0.2) is 36.4 Å². The van der Waals surface area contributed by atoms with Crippen molar-refractivity contribution in [2.75, 3.05) is 37.9 Å². The lowest BCUT2D eigenvalue weighted by atomic mass is 10.1. The van der Waals surface area contributed by atoms with Gasteiger partial charge in [0.05, 0.1) is 10.2 Å². The second-order valence-corrected chi connectivity index (χ2v) is 7.93. The molecule has 1 saturated heterocycles. The molecule has 1 aromatic heterocycles. The average molecular weight is 367 g/mol. The van der Waals surface area contributed by atoms with Gasteiger partial charge in [0.15, 0.2) is 16.6 Å². The standard InChI is InChI=1S/C20H21N3O2S/c1-14-2-4-16-19(10-14)26-20(21-16)23-8-6-22(7-9-23)12-15-3-5-17-18(11-15)25-13-24-17/h2-5,10-11H,6-9,12-13H2,1H3. The van der Waals surface area contributed by atoms with E-state index in [9.17, 15) is 0 Å². The molecule has 134 valence electrons. The molecule has 0 amide bonds. The van der Waals surface area contributed by atoms with Gasteiger partial charge in [0.2, 0.25) is 6.79 Å². The quantitative estimate of drug-likeness (QED) is 0.706. The fourth-order valence-electron chi connectivity index (χ4n) is 3.55. The van der Waals surface area contributed by atoms with Crippen molar-refractivity contribution in [3.8, 4) is 11.5 Å². The van der Waals surface area contributed by atoms with E-state index in [1.165, 1.54) is 15.8 Å². The summed E-state index contributed by atoms with van der Waals surface area (Å²) in [7, 11) is 0. The summed E-state index contributed by atoms with van der Waals surface area (Å²) in [6, 6.07) is 12.7. The van der Waals surface area contributed by atoms with E-state index in [0.29, 0.717) is 6.79 Å². The van der Waals surface area contributed by atoms with Crippen LogP contribution < -0.4 is 14.4 Å². The molecule has 0 unspecified atom stereocenters. The Morgan fingerprint density at radius 2 is 1.85 bits per heavy atom. The zero-order chi connectivity index (χ0) is 17.5. The number of anilines is 1. The lowest BCUT2D eigenvalue weighted by molar-refractivity contribution is 0.174. The highest BCUT2D eigenvalue weighted by molar-refractivity contribution is 7.22. The number of benzene rings is 2. The number of nitrogens with zero attached hydrogens (tertiary/aromatic N) is 3. The molecule has 5 rings (SSSR count). The van der Waals surface area contributed by atoms with Gasteiger partial charge in [-0.05, 0) is 42.3 Å². The lowest BCUT2D eigenvalue weighted by Crippen LogP contribution is -2.45. The number of aromatic nitrogens is 1. The third-order valence-corrected chi connectivity index (χ3v) is 6.10. The number of rotatable bonds is 3. The van der Waals surface area contributed by atoms with Gasteiger partial charge in [-0.3, -0.25) is 4.90 Å². The van der Waals surface area contributed by atoms with E-state index < -0.39 is 0 Å². The molecule has 3 heterocycles. The van der Waals surface area contributed by atoms with Crippen LogP contribution in [0.1, 0.15) is 11.1 Å². The molecule has 0 spiro atoms. The Balaban J connectivity index is 1.24. The summed E-state index contributed by atoms with van der Waals surface area (Å²) >= 11 is 1.80. The van der Waals surface area contributed by atoms with Crippen molar-refractivity contribution >= 4 is 26.7 Å². The van der Waals surface area contributed by atoms with E-state index in [-0.39, 0.29) is 0 Å². The van der Waals surface area contributed by atoms with Crippen LogP contribution in [0, 0.1) is 6.92 Å². The minimum absolute atomic E-state index is 0.332. The fraction of sp³-hybridized carbons (Fsp3) is 0.350. The molecule has 5 nitrogen and oxygen atoms in total. The SMILES string of the molecule is Cc1ccc2nc(N3CCN(Cc4ccc5c(c4)OCO5)CC3)sc2c1. The third-order valence-electron chi connectivity index (χ3n) is 5.02. The largest absolute Gasteiger partial charge is 0.454 e. The summed E-state index contributed by atoms with van der Waals surface area (Å²) in [4.78, 5) is 9.73. The molecular formula is C20H21N3O2S. The third kappa shape index (κ3) is 2.99. The molecule has 0 N–H and O–H groups in total. The Hall–Kier alpha value is -2.31. The molecule has 1 fully saturated rings. The maximum absolute atomic E-state index is 5.48. The molecule has 2 aromatic carbocycles. The first-order valence-electron chi connectivity index (χ1n) is 8.98. The van der Waals surface area contributed by atoms with Crippen molar-refractivity contribution in [2.24, 2.45) is 0 Å². The minimum atomic E-state index is 0.332. The van der Waals surface area contributed by atoms with Crippen molar-refractivity contribution in [2.45, 2.75) is 13.5 Å². The summed E-state index contributed by atoms with van der Waals surface area (Å²) in [5.74, 6) is 1.72. The maximum Gasteiger partial charge on any atom is 0.231 e. The minimum Gasteiger partial charge on any atom is -0.454 e. The zero-order valence-electron chi connectivity index (χ0n) is 14.8. The van der Waals surface area contributed by atoms with Gasteiger partial charge in [-0.25, -0.2) is 4.98 Å². The molecule has 0 atom stereocenters. The number of ether oxygens (including phenoxy) is 2. The fourth-order valence-corrected chi connectivity index (χ4v) is 4.67. The van der Waals surface area contributed by atoms with Gasteiger partial charge in [-0.15, -0.1) is 0 Å². The summed E-state index contributed by atoms with van der Waals surface area (Å²) in [6.45, 7) is 7.54. The highest BCUT2D eigenvalue weighted by atomic mass is 32.1. The van der Waals surface area contributed by atoms with Crippen molar-refractivity contribution in [3.63, 3.8) is 0 Å². The van der Waals surface area contributed by atoms with Gasteiger partial charge >= 0.3 is 0 Å². The first kappa shape index (κ1) is 15.9. The van der Waals surface area contributed by atoms with Crippen molar-refractivity contribution in [1.82, 2.24) is 9.88 Å². The summed E-state index contributed by atoms with van der Waals surface area (Å²) in [6.07, 6.45) is 0. The van der Waals surface area contributed by atoms with Gasteiger partial charge in [0, 0.05) is 32.7 Å². The molecule has 0 saturated carbocycles. The van der Waals surface area contributed by atoms with Gasteiger partial charge in [-0.2, -0.15) is 0 Å². The Morgan fingerprint density at radius 1 is 1.00 bits per heavy atom. The Bertz CT molecular complexity index is 947. The van der Waals surface area contributed by atoms with Crippen molar-refractivity contribution < 1.29 is 9.47 Å². The van der Waals surface area contributed by atoms with Crippen LogP contribution >= 0.6 is 11.3 Å². The number of hydrogen-bond acceptors (Lipinski definition) is 6. The van der Waals surface area contributed by atoms with Gasteiger partial charge in [0.1, 0.15) is 0 Å². The van der Waals surface area contributed by atoms with Crippen LogP contribution in [0.5, 0.6) is 11.5 Å². The summed E-state index contributed by atoms with van der Waals surface area (Å²) < 4.78 is 12.2. The predicted molar refractivity (Wildman–Crippen MR) is 104 cm³/mol. The van der Waals surface area contributed by atoms with E-state index in [1.54, 1.807) is 11.3 Å². The number of piperazine rings is 1. The molecule has 2 aliphatic heterocycles. The summed E-state index contributed by atoms with van der Waals surface area (Å²) in [5.41, 5.74) is 3.68. The molecule has 0 radical (unpaired) electrons. The Morgan fingerprint density at radius 3 is 2.73 bits per heavy atom. The molecule has 0 bridgehead atoms. The number of thiazole rings is 1. The van der Waals surface area contributed by atoms with Crippen LogP contribution in [-0.4, -0.2) is 42.9 Å². The average Bonchev–Trinajstić information content (AvgIpc) is 3.28. The highest BCUT2D eigenvalue weighted by Crippen LogP contribution is 2.33. The highest BCUT2D eigenvalue weighted by Gasteiger charge is 2.21. The smallest absolute Gasteiger partial charge is 0.231 e. The number of hydrogen-bond donors (Lipinski definition) is 0. The van der Waals surface area contributed by atoms with Crippen LogP contribution in [-0.2, 0) is 6.54 Å². The Labute approximate surface area is 156 Å². The van der Waals surface area contributed by atoms with Crippen LogP contribution in [0.25, 0.3) is 10.2 Å². The molecule has 2 aliphatic rings. The van der Waals surface area contributed by atoms with E-state index in [1.807, 2.05) is 6.07 Å². The molecular weight excluding hydrogens is 346 g/mol. The number of fused-ring (bicyclic) bond motifs is 2. The van der Waals surface area contributed by atoms with E-state index >= 15 is 0 Å². The summed E-state index contributed by atoms with van der Waals surface area (Å²) in [5, 5.41) is 1.15. The van der Waals surface area contributed by atoms with Crippen LogP contribution in [0.4, 0.5) is 5.13 Å². The number of aryl methyl sites for hydroxylation is 1. The van der Waals surface area contributed by atoms with Gasteiger partial charge in [0.25, 0.3) is 0 Å². The second kappa shape index (κ2) is 6.45. The Kier molecular flexibility index (Phi) is 3.94. The van der Waals surface area contributed by atoms with Gasteiger partial charge < -0.3 is 14.4 Å². The van der Waals surface area contributed by atoms with Crippen LogP contribution in [0.3, 0.4) is 0 Å². The van der Waals surface area contributed by atoms with Crippen molar-refractivity contribution in [1.29, 1.82) is 0 Å². The van der Waals surface area contributed by atoms with Crippen molar-refractivity contribution in [3.05, 3.63) is 47.5 Å². The van der Waals surface area contributed by atoms with Gasteiger partial charge in [-0.1, -0.05) is 23.5 Å². The maximum atomic E-state index is 5.48. The monoisotopic (exact) mass is 367 g/mol.